The fourth-order valence-corrected chi connectivity index (χ4v) is 3.40. The van der Waals surface area contributed by atoms with Crippen LogP contribution in [0, 0.1) is 5.82 Å². The number of piperidine rings is 1. The molecule has 0 aliphatic carbocycles. The largest absolute Gasteiger partial charge is 0.493 e. The molecule has 1 amide bonds. The lowest BCUT2D eigenvalue weighted by Crippen LogP contribution is -2.42. The smallest absolute Gasteiger partial charge is 0.325 e. The van der Waals surface area contributed by atoms with Crippen molar-refractivity contribution in [1.82, 2.24) is 14.9 Å². The van der Waals surface area contributed by atoms with Crippen LogP contribution in [-0.4, -0.2) is 45.1 Å². The molecule has 0 saturated carbocycles. The minimum absolute atomic E-state index is 0.0592. The number of carbonyl (C=O) groups is 1. The number of hydrogen-bond donors (Lipinski definition) is 3. The number of amides is 1. The molecule has 7 nitrogen and oxygen atoms in total. The molecule has 1 aromatic carbocycles. The SMILES string of the molecule is CC(C)(C)c1cc(F)ccc1OC1CCN(C(=O)Cc2[nH]c(=O)[nH]c2O)CC1. The molecule has 2 heterocycles. The van der Waals surface area contributed by atoms with Crippen LogP contribution in [0.4, 0.5) is 4.39 Å². The maximum atomic E-state index is 13.7. The van der Waals surface area contributed by atoms with Crippen LogP contribution in [-0.2, 0) is 16.6 Å². The van der Waals surface area contributed by atoms with Gasteiger partial charge in [0.25, 0.3) is 0 Å². The van der Waals surface area contributed by atoms with Crippen molar-refractivity contribution in [1.29, 1.82) is 0 Å². The lowest BCUT2D eigenvalue weighted by molar-refractivity contribution is -0.132. The highest BCUT2D eigenvalue weighted by molar-refractivity contribution is 5.78. The normalized spacial score (nSPS) is 15.6. The molecule has 0 spiro atoms. The van der Waals surface area contributed by atoms with Crippen molar-refractivity contribution < 1.29 is 19.0 Å². The van der Waals surface area contributed by atoms with E-state index in [1.807, 2.05) is 20.8 Å². The number of H-pyrrole nitrogens is 2. The van der Waals surface area contributed by atoms with Crippen LogP contribution in [0.15, 0.2) is 23.0 Å². The molecule has 0 atom stereocenters. The summed E-state index contributed by atoms with van der Waals surface area (Å²) in [7, 11) is 0. The average Bonchev–Trinajstić information content (AvgIpc) is 2.93. The lowest BCUT2D eigenvalue weighted by atomic mass is 9.86. The molecule has 0 bridgehead atoms. The highest BCUT2D eigenvalue weighted by Gasteiger charge is 2.27. The molecule has 1 aliphatic heterocycles. The molecule has 1 fully saturated rings. The van der Waals surface area contributed by atoms with E-state index >= 15 is 0 Å². The maximum Gasteiger partial charge on any atom is 0.325 e. The Morgan fingerprint density at radius 3 is 2.54 bits per heavy atom. The van der Waals surface area contributed by atoms with E-state index < -0.39 is 5.69 Å². The standard InChI is InChI=1S/C20H26FN3O4/c1-20(2,3)14-10-12(21)4-5-16(14)28-13-6-8-24(9-7-13)17(25)11-15-18(26)23-19(27)22-15/h4-5,10,13,26H,6-9,11H2,1-3H3,(H2,22,23,27). The van der Waals surface area contributed by atoms with Gasteiger partial charge in [0.15, 0.2) is 0 Å². The van der Waals surface area contributed by atoms with Crippen LogP contribution in [0.2, 0.25) is 0 Å². The maximum absolute atomic E-state index is 13.7. The zero-order valence-electron chi connectivity index (χ0n) is 16.3. The first-order valence-corrected chi connectivity index (χ1v) is 9.38. The van der Waals surface area contributed by atoms with Crippen molar-refractivity contribution in [2.24, 2.45) is 0 Å². The molecule has 8 heteroatoms. The number of aromatic hydroxyl groups is 1. The van der Waals surface area contributed by atoms with Crippen molar-refractivity contribution in [2.75, 3.05) is 13.1 Å². The summed E-state index contributed by atoms with van der Waals surface area (Å²) < 4.78 is 19.8. The number of rotatable bonds is 4. The molecule has 0 radical (unpaired) electrons. The molecular formula is C20H26FN3O4. The van der Waals surface area contributed by atoms with Crippen molar-refractivity contribution in [2.45, 2.75) is 51.6 Å². The molecule has 1 saturated heterocycles. The molecular weight excluding hydrogens is 365 g/mol. The number of hydrogen-bond acceptors (Lipinski definition) is 4. The Hall–Kier alpha value is -2.77. The number of aromatic nitrogens is 2. The van der Waals surface area contributed by atoms with Gasteiger partial charge in [-0.1, -0.05) is 20.8 Å². The Bertz CT molecular complexity index is 905. The second kappa shape index (κ2) is 7.69. The average molecular weight is 391 g/mol. The molecule has 152 valence electrons. The molecule has 3 rings (SSSR count). The Balaban J connectivity index is 1.59. The van der Waals surface area contributed by atoms with Gasteiger partial charge in [0, 0.05) is 31.5 Å². The van der Waals surface area contributed by atoms with Gasteiger partial charge < -0.3 is 19.7 Å². The molecule has 1 aromatic heterocycles. The van der Waals surface area contributed by atoms with Crippen LogP contribution >= 0.6 is 0 Å². The van der Waals surface area contributed by atoms with Gasteiger partial charge in [-0.15, -0.1) is 0 Å². The molecule has 2 aromatic rings. The Morgan fingerprint density at radius 1 is 1.29 bits per heavy atom. The van der Waals surface area contributed by atoms with Crippen LogP contribution in [0.1, 0.15) is 44.9 Å². The van der Waals surface area contributed by atoms with Gasteiger partial charge in [-0.25, -0.2) is 9.18 Å². The van der Waals surface area contributed by atoms with E-state index in [0.29, 0.717) is 31.7 Å². The minimum Gasteiger partial charge on any atom is -0.493 e. The third-order valence-corrected chi connectivity index (χ3v) is 4.95. The number of nitrogens with zero attached hydrogens (tertiary/aromatic N) is 1. The molecule has 0 unspecified atom stereocenters. The number of ether oxygens (including phenoxy) is 1. The second-order valence-corrected chi connectivity index (χ2v) is 8.17. The number of aromatic amines is 2. The van der Waals surface area contributed by atoms with Crippen molar-refractivity contribution in [3.63, 3.8) is 0 Å². The summed E-state index contributed by atoms with van der Waals surface area (Å²) in [5, 5.41) is 9.59. The minimum atomic E-state index is -0.540. The summed E-state index contributed by atoms with van der Waals surface area (Å²) in [4.78, 5) is 29.9. The van der Waals surface area contributed by atoms with Gasteiger partial charge in [0.2, 0.25) is 11.8 Å². The van der Waals surface area contributed by atoms with Crippen LogP contribution in [0.3, 0.4) is 0 Å². The topological polar surface area (TPSA) is 98.4 Å². The van der Waals surface area contributed by atoms with E-state index in [1.165, 1.54) is 12.1 Å². The summed E-state index contributed by atoms with van der Waals surface area (Å²) in [6.07, 6.45) is 1.18. The van der Waals surface area contributed by atoms with E-state index in [1.54, 1.807) is 11.0 Å². The van der Waals surface area contributed by atoms with Gasteiger partial charge in [-0.3, -0.25) is 9.78 Å². The monoisotopic (exact) mass is 391 g/mol. The summed E-state index contributed by atoms with van der Waals surface area (Å²) in [6, 6.07) is 4.57. The number of likely N-dealkylation sites (tertiary alicyclic amines) is 1. The fourth-order valence-electron chi connectivity index (χ4n) is 3.40. The van der Waals surface area contributed by atoms with E-state index in [4.69, 9.17) is 4.74 Å². The van der Waals surface area contributed by atoms with E-state index in [0.717, 1.165) is 5.56 Å². The van der Waals surface area contributed by atoms with Crippen molar-refractivity contribution >= 4 is 5.91 Å². The third kappa shape index (κ3) is 4.55. The molecule has 28 heavy (non-hydrogen) atoms. The van der Waals surface area contributed by atoms with Gasteiger partial charge in [-0.2, -0.15) is 0 Å². The van der Waals surface area contributed by atoms with Gasteiger partial charge in [0.1, 0.15) is 17.7 Å². The van der Waals surface area contributed by atoms with Crippen LogP contribution < -0.4 is 10.4 Å². The van der Waals surface area contributed by atoms with Gasteiger partial charge >= 0.3 is 5.69 Å². The summed E-state index contributed by atoms with van der Waals surface area (Å²) in [5.74, 6) is -0.0824. The predicted molar refractivity (Wildman–Crippen MR) is 102 cm³/mol. The number of carbonyl (C=O) groups excluding carboxylic acids is 1. The van der Waals surface area contributed by atoms with Gasteiger partial charge in [0.05, 0.1) is 12.1 Å². The highest BCUT2D eigenvalue weighted by atomic mass is 19.1. The lowest BCUT2D eigenvalue weighted by Gasteiger charge is -2.33. The highest BCUT2D eigenvalue weighted by Crippen LogP contribution is 2.33. The first-order chi connectivity index (χ1) is 13.1. The number of imidazole rings is 1. The predicted octanol–water partition coefficient (Wildman–Crippen LogP) is 2.46. The van der Waals surface area contributed by atoms with E-state index in [-0.39, 0.29) is 41.2 Å². The Morgan fingerprint density at radius 2 is 1.96 bits per heavy atom. The quantitative estimate of drug-likeness (QED) is 0.746. The van der Waals surface area contributed by atoms with Crippen molar-refractivity contribution in [3.05, 3.63) is 45.8 Å². The zero-order valence-corrected chi connectivity index (χ0v) is 16.3. The van der Waals surface area contributed by atoms with Crippen LogP contribution in [0.5, 0.6) is 11.6 Å². The van der Waals surface area contributed by atoms with Crippen LogP contribution in [0.25, 0.3) is 0 Å². The zero-order chi connectivity index (χ0) is 20.5. The summed E-state index contributed by atoms with van der Waals surface area (Å²) in [5.41, 5.74) is 0.220. The summed E-state index contributed by atoms with van der Waals surface area (Å²) in [6.45, 7) is 7.07. The van der Waals surface area contributed by atoms with E-state index in [9.17, 15) is 19.1 Å². The molecule has 1 aliphatic rings. The van der Waals surface area contributed by atoms with E-state index in [2.05, 4.69) is 9.97 Å². The number of halogens is 1. The Labute approximate surface area is 162 Å². The number of benzene rings is 1. The number of nitrogens with one attached hydrogen (secondary N) is 2. The first kappa shape index (κ1) is 20.0. The fraction of sp³-hybridized carbons (Fsp3) is 0.500. The summed E-state index contributed by atoms with van der Waals surface area (Å²) >= 11 is 0. The third-order valence-electron chi connectivity index (χ3n) is 4.95. The molecule has 3 N–H and O–H groups in total. The second-order valence-electron chi connectivity index (χ2n) is 8.17. The first-order valence-electron chi connectivity index (χ1n) is 9.38. The van der Waals surface area contributed by atoms with Crippen molar-refractivity contribution in [3.8, 4) is 11.6 Å². The Kier molecular flexibility index (Phi) is 5.49. The van der Waals surface area contributed by atoms with Gasteiger partial charge in [-0.05, 0) is 23.6 Å².